The molecule has 1 N–H and O–H groups in total. The van der Waals surface area contributed by atoms with Gasteiger partial charge in [-0.2, -0.15) is 0 Å². The van der Waals surface area contributed by atoms with Gasteiger partial charge in [-0.3, -0.25) is 4.84 Å². The van der Waals surface area contributed by atoms with Crippen LogP contribution in [-0.2, 0) is 18.7 Å². The number of benzene rings is 1. The molecular weight excluding hydrogens is 293 g/mol. The molecule has 1 aromatic rings. The number of anilines is 1. The minimum Gasteiger partial charge on any atom is -0.379 e. The molecule has 0 saturated heterocycles. The Morgan fingerprint density at radius 3 is 2.53 bits per heavy atom. The van der Waals surface area contributed by atoms with Gasteiger partial charge in [-0.25, -0.2) is 14.4 Å². The minimum atomic E-state index is -4.39. The lowest BCUT2D eigenvalue weighted by atomic mass is 10.2. The molecule has 0 fully saturated rings. The van der Waals surface area contributed by atoms with Crippen LogP contribution >= 0.6 is 18.2 Å². The van der Waals surface area contributed by atoms with Gasteiger partial charge >= 0.3 is 12.9 Å². The zero-order chi connectivity index (χ0) is 14.5. The van der Waals surface area contributed by atoms with Crippen LogP contribution in [0.1, 0.15) is 13.8 Å². The highest BCUT2D eigenvalue weighted by molar-refractivity contribution is 7.80. The molecule has 0 amide bonds. The number of carbonyl (C=O) groups is 1. The minimum absolute atomic E-state index is 0.324. The summed E-state index contributed by atoms with van der Waals surface area (Å²) in [5.74, 6) is -0.946. The number of hydrogen-bond acceptors (Lipinski definition) is 5. The van der Waals surface area contributed by atoms with Gasteiger partial charge in [-0.15, -0.1) is 0 Å². The van der Waals surface area contributed by atoms with Crippen LogP contribution in [0.4, 0.5) is 5.69 Å². The SMILES string of the molecule is CCON(c1ccccc1)[C@@H](C)C(=O)OP(=O)(O)Cl. The Morgan fingerprint density at radius 1 is 1.47 bits per heavy atom. The number of hydroxylamine groups is 1. The van der Waals surface area contributed by atoms with Crippen LogP contribution < -0.4 is 5.06 Å². The predicted molar refractivity (Wildman–Crippen MR) is 71.8 cm³/mol. The van der Waals surface area contributed by atoms with Crippen molar-refractivity contribution in [3.8, 4) is 0 Å². The average Bonchev–Trinajstić information content (AvgIpc) is 2.34. The van der Waals surface area contributed by atoms with Crippen LogP contribution in [0.2, 0.25) is 0 Å². The van der Waals surface area contributed by atoms with Crippen LogP contribution in [-0.4, -0.2) is 23.5 Å². The summed E-state index contributed by atoms with van der Waals surface area (Å²) < 4.78 is 15.1. The summed E-state index contributed by atoms with van der Waals surface area (Å²) >= 11 is 5.01. The molecule has 8 heteroatoms. The lowest BCUT2D eigenvalue weighted by Crippen LogP contribution is -2.39. The molecule has 2 atom stereocenters. The molecule has 1 aromatic carbocycles. The fraction of sp³-hybridized carbons (Fsp3) is 0.364. The van der Waals surface area contributed by atoms with E-state index in [4.69, 9.17) is 21.0 Å². The molecule has 0 spiro atoms. The van der Waals surface area contributed by atoms with Crippen molar-refractivity contribution in [2.75, 3.05) is 11.7 Å². The monoisotopic (exact) mass is 307 g/mol. The highest BCUT2D eigenvalue weighted by atomic mass is 35.7. The second kappa shape index (κ2) is 6.91. The molecule has 0 heterocycles. The number of rotatable bonds is 6. The van der Waals surface area contributed by atoms with E-state index in [1.54, 1.807) is 31.2 Å². The number of nitrogens with zero attached hydrogens (tertiary/aromatic N) is 1. The average molecular weight is 308 g/mol. The zero-order valence-electron chi connectivity index (χ0n) is 10.5. The predicted octanol–water partition coefficient (Wildman–Crippen LogP) is 2.72. The van der Waals surface area contributed by atoms with Gasteiger partial charge in [-0.1, -0.05) is 18.2 Å². The number of para-hydroxylation sites is 1. The molecule has 0 radical (unpaired) electrons. The molecule has 1 rings (SSSR count). The van der Waals surface area contributed by atoms with Crippen LogP contribution in [0.3, 0.4) is 0 Å². The Balaban J connectivity index is 2.88. The highest BCUT2D eigenvalue weighted by Gasteiger charge is 2.29. The smallest absolute Gasteiger partial charge is 0.379 e. The number of carbonyl (C=O) groups excluding carboxylic acids is 1. The molecule has 0 aliphatic rings. The summed E-state index contributed by atoms with van der Waals surface area (Å²) in [6.45, 7) is -0.822. The van der Waals surface area contributed by atoms with Crippen molar-refractivity contribution in [3.63, 3.8) is 0 Å². The lowest BCUT2D eigenvalue weighted by Gasteiger charge is -2.28. The van der Waals surface area contributed by atoms with Crippen molar-refractivity contribution in [1.82, 2.24) is 0 Å². The Bertz CT molecular complexity index is 463. The van der Waals surface area contributed by atoms with E-state index in [2.05, 4.69) is 4.52 Å². The van der Waals surface area contributed by atoms with Gasteiger partial charge in [-0.05, 0) is 26.0 Å². The third-order valence-corrected chi connectivity index (χ3v) is 2.79. The molecule has 0 aliphatic carbocycles. The largest absolute Gasteiger partial charge is 0.476 e. The summed E-state index contributed by atoms with van der Waals surface area (Å²) in [5, 5.41) is 1.30. The Kier molecular flexibility index (Phi) is 5.82. The van der Waals surface area contributed by atoms with E-state index in [-0.39, 0.29) is 0 Å². The summed E-state index contributed by atoms with van der Waals surface area (Å²) in [7, 11) is 0. The van der Waals surface area contributed by atoms with E-state index >= 15 is 0 Å². The normalized spacial score (nSPS) is 15.4. The van der Waals surface area contributed by atoms with Crippen molar-refractivity contribution >= 4 is 29.8 Å². The second-order valence-electron chi connectivity index (χ2n) is 3.62. The van der Waals surface area contributed by atoms with Crippen LogP contribution in [0.5, 0.6) is 0 Å². The summed E-state index contributed by atoms with van der Waals surface area (Å²) in [5.41, 5.74) is 0.621. The first-order valence-corrected chi connectivity index (χ1v) is 8.06. The van der Waals surface area contributed by atoms with E-state index in [0.717, 1.165) is 0 Å². The summed E-state index contributed by atoms with van der Waals surface area (Å²) in [4.78, 5) is 25.9. The lowest BCUT2D eigenvalue weighted by molar-refractivity contribution is -0.137. The number of hydrogen-bond donors (Lipinski definition) is 1. The molecule has 0 aliphatic heterocycles. The van der Waals surface area contributed by atoms with E-state index in [1.807, 2.05) is 6.07 Å². The van der Waals surface area contributed by atoms with Crippen molar-refractivity contribution < 1.29 is 23.6 Å². The van der Waals surface area contributed by atoms with Gasteiger partial charge in [0.05, 0.1) is 12.3 Å². The van der Waals surface area contributed by atoms with Gasteiger partial charge in [0.25, 0.3) is 0 Å². The quantitative estimate of drug-likeness (QED) is 0.643. The van der Waals surface area contributed by atoms with Crippen molar-refractivity contribution in [2.45, 2.75) is 19.9 Å². The molecule has 6 nitrogen and oxygen atoms in total. The van der Waals surface area contributed by atoms with Gasteiger partial charge in [0, 0.05) is 11.2 Å². The van der Waals surface area contributed by atoms with E-state index in [1.165, 1.54) is 12.0 Å². The Morgan fingerprint density at radius 2 is 2.05 bits per heavy atom. The second-order valence-corrected chi connectivity index (χ2v) is 5.98. The maximum absolute atomic E-state index is 11.7. The maximum atomic E-state index is 11.7. The van der Waals surface area contributed by atoms with Crippen molar-refractivity contribution in [2.24, 2.45) is 0 Å². The third-order valence-electron chi connectivity index (χ3n) is 2.17. The highest BCUT2D eigenvalue weighted by Crippen LogP contribution is 2.47. The molecular formula is C11H15ClNO5P. The topological polar surface area (TPSA) is 76.1 Å². The molecule has 1 unspecified atom stereocenters. The molecule has 0 aromatic heterocycles. The Hall–Kier alpha value is -1.07. The first-order chi connectivity index (χ1) is 8.85. The van der Waals surface area contributed by atoms with Crippen molar-refractivity contribution in [3.05, 3.63) is 30.3 Å². The van der Waals surface area contributed by atoms with Crippen LogP contribution in [0.25, 0.3) is 0 Å². The van der Waals surface area contributed by atoms with Gasteiger partial charge in [0.2, 0.25) is 0 Å². The van der Waals surface area contributed by atoms with Crippen LogP contribution in [0.15, 0.2) is 30.3 Å². The standard InChI is InChI=1S/C11H15ClNO5P/c1-3-17-13(10-7-5-4-6-8-10)9(2)11(14)18-19(12,15)16/h4-9H,3H2,1-2H3,(H,15,16)/t9-/m0/s1. The molecule has 106 valence electrons. The Labute approximate surface area is 116 Å². The molecule has 19 heavy (non-hydrogen) atoms. The summed E-state index contributed by atoms with van der Waals surface area (Å²) in [6, 6.07) is 7.92. The van der Waals surface area contributed by atoms with E-state index in [0.29, 0.717) is 12.3 Å². The zero-order valence-corrected chi connectivity index (χ0v) is 12.2. The van der Waals surface area contributed by atoms with Gasteiger partial charge in [0.15, 0.2) is 6.04 Å². The fourth-order valence-electron chi connectivity index (χ4n) is 1.41. The fourth-order valence-corrected chi connectivity index (χ4v) is 1.99. The molecule has 0 bridgehead atoms. The van der Waals surface area contributed by atoms with Gasteiger partial charge < -0.3 is 9.42 Å². The van der Waals surface area contributed by atoms with E-state index in [9.17, 15) is 9.36 Å². The van der Waals surface area contributed by atoms with Crippen LogP contribution in [0, 0.1) is 0 Å². The summed E-state index contributed by atoms with van der Waals surface area (Å²) in [6.07, 6.45) is 0. The van der Waals surface area contributed by atoms with E-state index < -0.39 is 19.0 Å². The van der Waals surface area contributed by atoms with Gasteiger partial charge in [0.1, 0.15) is 0 Å². The molecule has 0 saturated carbocycles. The first-order valence-electron chi connectivity index (χ1n) is 5.58. The third kappa shape index (κ3) is 5.20. The maximum Gasteiger partial charge on any atom is 0.476 e. The first kappa shape index (κ1) is 16.0. The number of halogens is 1. The van der Waals surface area contributed by atoms with Crippen molar-refractivity contribution in [1.29, 1.82) is 0 Å².